The Balaban J connectivity index is 2.09. The molecular formula is C15H14N2O3. The van der Waals surface area contributed by atoms with E-state index in [1.54, 1.807) is 30.5 Å². The second kappa shape index (κ2) is 6.43. The minimum atomic E-state index is -0.777. The smallest absolute Gasteiger partial charge is 0.341 e. The highest BCUT2D eigenvalue weighted by Crippen LogP contribution is 2.18. The summed E-state index contributed by atoms with van der Waals surface area (Å²) in [6, 6.07) is 12.5. The van der Waals surface area contributed by atoms with Crippen molar-refractivity contribution >= 4 is 11.7 Å². The monoisotopic (exact) mass is 270 g/mol. The van der Waals surface area contributed by atoms with Crippen molar-refractivity contribution in [2.45, 2.75) is 19.6 Å². The van der Waals surface area contributed by atoms with Crippen LogP contribution in [0.5, 0.6) is 0 Å². The van der Waals surface area contributed by atoms with Gasteiger partial charge in [-0.05, 0) is 31.2 Å². The van der Waals surface area contributed by atoms with E-state index in [0.717, 1.165) is 5.76 Å². The molecule has 1 aromatic heterocycles. The molecule has 0 aliphatic carbocycles. The lowest BCUT2D eigenvalue weighted by molar-refractivity contribution is 0.0436. The molecular weight excluding hydrogens is 256 g/mol. The molecule has 1 atom stereocenters. The third-order valence-electron chi connectivity index (χ3n) is 2.65. The fraction of sp³-hybridized carbons (Fsp3) is 0.200. The summed E-state index contributed by atoms with van der Waals surface area (Å²) in [4.78, 5) is 12.0. The Hall–Kier alpha value is -2.74. The summed E-state index contributed by atoms with van der Waals surface area (Å²) in [7, 11) is 0. The molecule has 1 heterocycles. The van der Waals surface area contributed by atoms with E-state index >= 15 is 0 Å². The molecule has 0 aliphatic heterocycles. The number of rotatable bonds is 5. The number of anilines is 1. The third kappa shape index (κ3) is 3.39. The quantitative estimate of drug-likeness (QED) is 0.845. The van der Waals surface area contributed by atoms with Gasteiger partial charge < -0.3 is 14.5 Å². The number of ether oxygens (including phenoxy) is 1. The fourth-order valence-corrected chi connectivity index (χ4v) is 1.66. The molecule has 0 spiro atoms. The lowest BCUT2D eigenvalue weighted by atomic mass is 10.1. The largest absolute Gasteiger partial charge is 0.467 e. The lowest BCUT2D eigenvalue weighted by Crippen LogP contribution is -2.15. The van der Waals surface area contributed by atoms with Crippen LogP contribution in [0.1, 0.15) is 23.0 Å². The number of esters is 1. The summed E-state index contributed by atoms with van der Waals surface area (Å²) in [5.74, 6) is 0.236. The number of hydrogen-bond donors (Lipinski definition) is 1. The average molecular weight is 270 g/mol. The molecule has 0 saturated carbocycles. The van der Waals surface area contributed by atoms with E-state index < -0.39 is 12.1 Å². The van der Waals surface area contributed by atoms with Gasteiger partial charge in [-0.1, -0.05) is 12.1 Å². The number of benzene rings is 1. The fourth-order valence-electron chi connectivity index (χ4n) is 1.66. The van der Waals surface area contributed by atoms with Crippen molar-refractivity contribution in [1.82, 2.24) is 0 Å². The van der Waals surface area contributed by atoms with Crippen LogP contribution in [-0.2, 0) is 11.3 Å². The number of para-hydroxylation sites is 1. The van der Waals surface area contributed by atoms with E-state index in [1.165, 1.54) is 6.92 Å². The van der Waals surface area contributed by atoms with Crippen LogP contribution in [0.25, 0.3) is 0 Å². The van der Waals surface area contributed by atoms with Crippen molar-refractivity contribution < 1.29 is 13.9 Å². The first-order chi connectivity index (χ1) is 9.70. The standard InChI is InChI=1S/C15H14N2O3/c1-11(9-16)20-15(18)13-6-2-3-7-14(13)17-10-12-5-4-8-19-12/h2-8,11,17H,10H2,1H3/t11-/m0/s1. The molecule has 102 valence electrons. The third-order valence-corrected chi connectivity index (χ3v) is 2.65. The summed E-state index contributed by atoms with van der Waals surface area (Å²) in [5.41, 5.74) is 1.03. The van der Waals surface area contributed by atoms with Gasteiger partial charge in [0.25, 0.3) is 0 Å². The zero-order valence-electron chi connectivity index (χ0n) is 11.0. The zero-order valence-corrected chi connectivity index (χ0v) is 11.0. The molecule has 5 nitrogen and oxygen atoms in total. The minimum Gasteiger partial charge on any atom is -0.467 e. The first kappa shape index (κ1) is 13.7. The molecule has 5 heteroatoms. The Morgan fingerprint density at radius 1 is 1.40 bits per heavy atom. The lowest BCUT2D eigenvalue weighted by Gasteiger charge is -2.11. The second-order valence-electron chi connectivity index (χ2n) is 4.16. The van der Waals surface area contributed by atoms with Gasteiger partial charge in [0, 0.05) is 5.69 Å². The predicted octanol–water partition coefficient (Wildman–Crippen LogP) is 2.96. The van der Waals surface area contributed by atoms with Crippen molar-refractivity contribution in [2.75, 3.05) is 5.32 Å². The normalized spacial score (nSPS) is 11.4. The Morgan fingerprint density at radius 2 is 2.20 bits per heavy atom. The van der Waals surface area contributed by atoms with Crippen LogP contribution in [0.3, 0.4) is 0 Å². The molecule has 0 fully saturated rings. The molecule has 20 heavy (non-hydrogen) atoms. The molecule has 1 aromatic carbocycles. The maximum atomic E-state index is 12.0. The van der Waals surface area contributed by atoms with Crippen molar-refractivity contribution in [3.63, 3.8) is 0 Å². The van der Waals surface area contributed by atoms with Gasteiger partial charge in [0.1, 0.15) is 11.8 Å². The summed E-state index contributed by atoms with van der Waals surface area (Å²) in [6.07, 6.45) is 0.812. The molecule has 2 aromatic rings. The van der Waals surface area contributed by atoms with E-state index in [0.29, 0.717) is 17.8 Å². The predicted molar refractivity (Wildman–Crippen MR) is 73.0 cm³/mol. The topological polar surface area (TPSA) is 75.3 Å². The van der Waals surface area contributed by atoms with Gasteiger partial charge in [-0.15, -0.1) is 0 Å². The number of nitrogens with one attached hydrogen (secondary N) is 1. The number of carbonyl (C=O) groups excluding carboxylic acids is 1. The van der Waals surface area contributed by atoms with Crippen LogP contribution in [0.4, 0.5) is 5.69 Å². The van der Waals surface area contributed by atoms with Crippen molar-refractivity contribution in [3.05, 3.63) is 54.0 Å². The second-order valence-corrected chi connectivity index (χ2v) is 4.16. The first-order valence-electron chi connectivity index (χ1n) is 6.16. The van der Waals surface area contributed by atoms with Gasteiger partial charge in [0.2, 0.25) is 0 Å². The number of carbonyl (C=O) groups is 1. The van der Waals surface area contributed by atoms with Crippen LogP contribution in [-0.4, -0.2) is 12.1 Å². The Kier molecular flexibility index (Phi) is 4.40. The highest BCUT2D eigenvalue weighted by atomic mass is 16.5. The summed E-state index contributed by atoms with van der Waals surface area (Å²) >= 11 is 0. The van der Waals surface area contributed by atoms with E-state index in [1.807, 2.05) is 18.2 Å². The van der Waals surface area contributed by atoms with Crippen LogP contribution in [0.2, 0.25) is 0 Å². The van der Waals surface area contributed by atoms with E-state index in [4.69, 9.17) is 14.4 Å². The van der Waals surface area contributed by atoms with Gasteiger partial charge in [0.05, 0.1) is 18.4 Å². The van der Waals surface area contributed by atoms with Gasteiger partial charge in [-0.3, -0.25) is 0 Å². The Labute approximate surface area is 116 Å². The molecule has 0 saturated heterocycles. The van der Waals surface area contributed by atoms with Gasteiger partial charge in [0.15, 0.2) is 6.10 Å². The maximum absolute atomic E-state index is 12.0. The number of nitriles is 1. The highest BCUT2D eigenvalue weighted by molar-refractivity contribution is 5.95. The van der Waals surface area contributed by atoms with Crippen LogP contribution >= 0.6 is 0 Å². The van der Waals surface area contributed by atoms with Crippen molar-refractivity contribution in [2.24, 2.45) is 0 Å². The van der Waals surface area contributed by atoms with Gasteiger partial charge in [-0.25, -0.2) is 4.79 Å². The Morgan fingerprint density at radius 3 is 2.90 bits per heavy atom. The molecule has 0 aliphatic rings. The molecule has 0 radical (unpaired) electrons. The summed E-state index contributed by atoms with van der Waals surface area (Å²) in [5, 5.41) is 11.8. The van der Waals surface area contributed by atoms with E-state index in [9.17, 15) is 4.79 Å². The first-order valence-corrected chi connectivity index (χ1v) is 6.16. The van der Waals surface area contributed by atoms with Gasteiger partial charge in [-0.2, -0.15) is 5.26 Å². The van der Waals surface area contributed by atoms with Crippen LogP contribution in [0.15, 0.2) is 47.1 Å². The SMILES string of the molecule is C[C@@H](C#N)OC(=O)c1ccccc1NCc1ccco1. The summed E-state index contributed by atoms with van der Waals surface area (Å²) < 4.78 is 10.2. The molecule has 0 bridgehead atoms. The Bertz CT molecular complexity index is 614. The van der Waals surface area contributed by atoms with Crippen LogP contribution < -0.4 is 5.32 Å². The summed E-state index contributed by atoms with van der Waals surface area (Å²) in [6.45, 7) is 1.99. The zero-order chi connectivity index (χ0) is 14.4. The number of furan rings is 1. The van der Waals surface area contributed by atoms with E-state index in [-0.39, 0.29) is 0 Å². The average Bonchev–Trinajstić information content (AvgIpc) is 2.98. The molecule has 0 unspecified atom stereocenters. The maximum Gasteiger partial charge on any atom is 0.341 e. The van der Waals surface area contributed by atoms with Gasteiger partial charge >= 0.3 is 5.97 Å². The highest BCUT2D eigenvalue weighted by Gasteiger charge is 2.15. The molecule has 0 amide bonds. The molecule has 1 N–H and O–H groups in total. The number of hydrogen-bond acceptors (Lipinski definition) is 5. The minimum absolute atomic E-state index is 0.390. The molecule has 2 rings (SSSR count). The number of nitrogens with zero attached hydrogens (tertiary/aromatic N) is 1. The van der Waals surface area contributed by atoms with Crippen LogP contribution in [0, 0.1) is 11.3 Å². The van der Waals surface area contributed by atoms with Crippen molar-refractivity contribution in [1.29, 1.82) is 5.26 Å². The van der Waals surface area contributed by atoms with E-state index in [2.05, 4.69) is 5.32 Å². The van der Waals surface area contributed by atoms with Crippen molar-refractivity contribution in [3.8, 4) is 6.07 Å².